The van der Waals surface area contributed by atoms with Crippen molar-refractivity contribution in [3.63, 3.8) is 0 Å². The van der Waals surface area contributed by atoms with Crippen LogP contribution in [0.5, 0.6) is 0 Å². The fourth-order valence-electron chi connectivity index (χ4n) is 1.79. The van der Waals surface area contributed by atoms with E-state index < -0.39 is 9.84 Å². The minimum absolute atomic E-state index is 0.215. The molecule has 0 amide bonds. The summed E-state index contributed by atoms with van der Waals surface area (Å²) in [4.78, 5) is 0.438. The predicted molar refractivity (Wildman–Crippen MR) is 79.8 cm³/mol. The maximum atomic E-state index is 12.0. The minimum Gasteiger partial charge on any atom is -0.224 e. The summed E-state index contributed by atoms with van der Waals surface area (Å²) in [5, 5.41) is 0. The number of benzene rings is 1. The lowest BCUT2D eigenvalue weighted by Gasteiger charge is -2.05. The van der Waals surface area contributed by atoms with Crippen LogP contribution in [-0.4, -0.2) is 14.2 Å². The average Bonchev–Trinajstić information content (AvgIpc) is 2.39. The van der Waals surface area contributed by atoms with Crippen molar-refractivity contribution in [2.24, 2.45) is 0 Å². The quantitative estimate of drug-likeness (QED) is 0.745. The van der Waals surface area contributed by atoms with Crippen LogP contribution < -0.4 is 0 Å². The highest BCUT2D eigenvalue weighted by molar-refractivity contribution is 7.91. The first-order chi connectivity index (χ1) is 9.10. The van der Waals surface area contributed by atoms with Gasteiger partial charge in [0.25, 0.3) is 0 Å². The topological polar surface area (TPSA) is 34.1 Å². The number of aryl methyl sites for hydroxylation is 1. The third kappa shape index (κ3) is 5.48. The Morgan fingerprint density at radius 1 is 1.05 bits per heavy atom. The van der Waals surface area contributed by atoms with Crippen LogP contribution in [0, 0.1) is 11.8 Å². The van der Waals surface area contributed by atoms with Crippen molar-refractivity contribution in [2.75, 3.05) is 5.75 Å². The van der Waals surface area contributed by atoms with Gasteiger partial charge in [-0.2, -0.15) is 0 Å². The Balaban J connectivity index is 2.71. The number of hydrogen-bond acceptors (Lipinski definition) is 2. The smallest absolute Gasteiger partial charge is 0.178 e. The molecule has 0 fully saturated rings. The van der Waals surface area contributed by atoms with Crippen molar-refractivity contribution >= 4 is 9.84 Å². The molecule has 0 N–H and O–H groups in total. The molecule has 0 saturated carbocycles. The zero-order valence-electron chi connectivity index (χ0n) is 11.8. The van der Waals surface area contributed by atoms with Crippen molar-refractivity contribution < 1.29 is 8.42 Å². The van der Waals surface area contributed by atoms with Gasteiger partial charge in [0, 0.05) is 12.8 Å². The van der Waals surface area contributed by atoms with Gasteiger partial charge in [0.05, 0.1) is 10.6 Å². The molecule has 19 heavy (non-hydrogen) atoms. The molecule has 104 valence electrons. The Morgan fingerprint density at radius 3 is 2.47 bits per heavy atom. The third-order valence-corrected chi connectivity index (χ3v) is 4.69. The van der Waals surface area contributed by atoms with Gasteiger partial charge in [-0.25, -0.2) is 8.42 Å². The van der Waals surface area contributed by atoms with Crippen LogP contribution in [-0.2, 0) is 16.3 Å². The van der Waals surface area contributed by atoms with E-state index in [0.717, 1.165) is 31.2 Å². The van der Waals surface area contributed by atoms with Crippen LogP contribution in [0.1, 0.15) is 45.1 Å². The molecule has 3 heteroatoms. The summed E-state index contributed by atoms with van der Waals surface area (Å²) in [5.74, 6) is 6.44. The van der Waals surface area contributed by atoms with Gasteiger partial charge in [0.15, 0.2) is 9.84 Å². The zero-order valence-corrected chi connectivity index (χ0v) is 12.6. The van der Waals surface area contributed by atoms with E-state index in [0.29, 0.717) is 11.3 Å². The molecule has 0 aliphatic heterocycles. The van der Waals surface area contributed by atoms with E-state index in [9.17, 15) is 8.42 Å². The standard InChI is InChI=1S/C16H22O2S/c1-3-5-6-7-8-10-15-11-9-12-16(14-15)19(17,18)13-4-2/h9,11-12,14H,3-5,8,10,13H2,1-2H3. The largest absolute Gasteiger partial charge is 0.224 e. The summed E-state index contributed by atoms with van der Waals surface area (Å²) < 4.78 is 23.9. The molecule has 0 unspecified atom stereocenters. The van der Waals surface area contributed by atoms with Crippen molar-refractivity contribution in [3.05, 3.63) is 29.8 Å². The number of hydrogen-bond donors (Lipinski definition) is 0. The summed E-state index contributed by atoms with van der Waals surface area (Å²) in [7, 11) is -3.11. The average molecular weight is 278 g/mol. The highest BCUT2D eigenvalue weighted by Crippen LogP contribution is 2.15. The van der Waals surface area contributed by atoms with Gasteiger partial charge in [-0.3, -0.25) is 0 Å². The van der Waals surface area contributed by atoms with Crippen LogP contribution >= 0.6 is 0 Å². The van der Waals surface area contributed by atoms with Gasteiger partial charge < -0.3 is 0 Å². The van der Waals surface area contributed by atoms with Gasteiger partial charge in [0.2, 0.25) is 0 Å². The summed E-state index contributed by atoms with van der Waals surface area (Å²) in [6, 6.07) is 7.24. The molecule has 0 radical (unpaired) electrons. The van der Waals surface area contributed by atoms with Crippen LogP contribution in [0.15, 0.2) is 29.2 Å². The van der Waals surface area contributed by atoms with Crippen LogP contribution in [0.2, 0.25) is 0 Å². The Morgan fingerprint density at radius 2 is 1.79 bits per heavy atom. The Kier molecular flexibility index (Phi) is 6.66. The molecule has 1 aromatic carbocycles. The monoisotopic (exact) mass is 278 g/mol. The maximum absolute atomic E-state index is 12.0. The predicted octanol–water partition coefficient (Wildman–Crippen LogP) is 3.61. The molecule has 0 atom stereocenters. The number of unbranched alkanes of at least 4 members (excludes halogenated alkanes) is 1. The van der Waals surface area contributed by atoms with Crippen molar-refractivity contribution in [1.82, 2.24) is 0 Å². The van der Waals surface area contributed by atoms with Crippen LogP contribution in [0.3, 0.4) is 0 Å². The molecule has 0 aromatic heterocycles. The Labute approximate surface area is 117 Å². The first-order valence-corrected chi connectivity index (χ1v) is 8.52. The molecule has 0 heterocycles. The molecule has 0 bridgehead atoms. The van der Waals surface area contributed by atoms with E-state index in [2.05, 4.69) is 18.8 Å². The van der Waals surface area contributed by atoms with Gasteiger partial charge >= 0.3 is 0 Å². The molecular formula is C16H22O2S. The lowest BCUT2D eigenvalue weighted by atomic mass is 10.1. The van der Waals surface area contributed by atoms with E-state index in [1.54, 1.807) is 12.1 Å². The first-order valence-electron chi connectivity index (χ1n) is 6.87. The van der Waals surface area contributed by atoms with Gasteiger partial charge in [-0.05, 0) is 37.0 Å². The lowest BCUT2D eigenvalue weighted by Crippen LogP contribution is -2.06. The first kappa shape index (κ1) is 15.8. The molecule has 2 nitrogen and oxygen atoms in total. The van der Waals surface area contributed by atoms with Gasteiger partial charge in [0.1, 0.15) is 0 Å². The highest BCUT2D eigenvalue weighted by atomic mass is 32.2. The number of sulfone groups is 1. The second-order valence-corrected chi connectivity index (χ2v) is 6.68. The molecule has 0 saturated heterocycles. The molecule has 1 rings (SSSR count). The SMILES string of the molecule is CCCC#CCCc1cccc(S(=O)(=O)CCC)c1. The summed E-state index contributed by atoms with van der Waals surface area (Å²) in [6.45, 7) is 3.99. The summed E-state index contributed by atoms with van der Waals surface area (Å²) >= 11 is 0. The van der Waals surface area contributed by atoms with E-state index in [1.165, 1.54) is 0 Å². The minimum atomic E-state index is -3.11. The molecule has 0 aliphatic rings. The molecule has 0 aliphatic carbocycles. The zero-order chi connectivity index (χ0) is 14.1. The fourth-order valence-corrected chi connectivity index (χ4v) is 3.18. The lowest BCUT2D eigenvalue weighted by molar-refractivity contribution is 0.594. The second kappa shape index (κ2) is 8.01. The summed E-state index contributed by atoms with van der Waals surface area (Å²) in [6.07, 6.45) is 4.27. The maximum Gasteiger partial charge on any atom is 0.178 e. The van der Waals surface area contributed by atoms with Crippen LogP contribution in [0.25, 0.3) is 0 Å². The van der Waals surface area contributed by atoms with Crippen molar-refractivity contribution in [1.29, 1.82) is 0 Å². The van der Waals surface area contributed by atoms with Crippen LogP contribution in [0.4, 0.5) is 0 Å². The van der Waals surface area contributed by atoms with E-state index >= 15 is 0 Å². The molecule has 0 spiro atoms. The van der Waals surface area contributed by atoms with E-state index in [1.807, 2.05) is 19.1 Å². The fraction of sp³-hybridized carbons (Fsp3) is 0.500. The third-order valence-electron chi connectivity index (χ3n) is 2.77. The molecular weight excluding hydrogens is 256 g/mol. The molecule has 1 aromatic rings. The van der Waals surface area contributed by atoms with E-state index in [-0.39, 0.29) is 5.75 Å². The Bertz CT molecular complexity index is 548. The van der Waals surface area contributed by atoms with Gasteiger partial charge in [-0.1, -0.05) is 26.0 Å². The normalized spacial score (nSPS) is 10.8. The van der Waals surface area contributed by atoms with Gasteiger partial charge in [-0.15, -0.1) is 11.8 Å². The van der Waals surface area contributed by atoms with E-state index in [4.69, 9.17) is 0 Å². The van der Waals surface area contributed by atoms with Crippen molar-refractivity contribution in [2.45, 2.75) is 50.8 Å². The number of rotatable bonds is 6. The summed E-state index contributed by atoms with van der Waals surface area (Å²) in [5.41, 5.74) is 1.04. The highest BCUT2D eigenvalue weighted by Gasteiger charge is 2.12. The van der Waals surface area contributed by atoms with Crippen molar-refractivity contribution in [3.8, 4) is 11.8 Å². The Hall–Kier alpha value is -1.27. The second-order valence-electron chi connectivity index (χ2n) is 4.57.